The van der Waals surface area contributed by atoms with Crippen LogP contribution in [0.3, 0.4) is 0 Å². The van der Waals surface area contributed by atoms with Crippen molar-refractivity contribution >= 4 is 6.08 Å². The van der Waals surface area contributed by atoms with Crippen molar-refractivity contribution in [3.63, 3.8) is 0 Å². The highest BCUT2D eigenvalue weighted by molar-refractivity contribution is 5.50. The summed E-state index contributed by atoms with van der Waals surface area (Å²) in [5.74, 6) is 1.55. The van der Waals surface area contributed by atoms with Crippen LogP contribution in [0.15, 0.2) is 24.5 Å². The maximum Gasteiger partial charge on any atom is 0.138 e. The summed E-state index contributed by atoms with van der Waals surface area (Å²) < 4.78 is 5.46. The van der Waals surface area contributed by atoms with E-state index in [2.05, 4.69) is 22.5 Å². The van der Waals surface area contributed by atoms with Crippen molar-refractivity contribution in [2.45, 2.75) is 38.3 Å². The minimum atomic E-state index is 0.686. The van der Waals surface area contributed by atoms with Crippen LogP contribution in [0.5, 0.6) is 5.75 Å². The summed E-state index contributed by atoms with van der Waals surface area (Å²) >= 11 is 0. The van der Waals surface area contributed by atoms with Crippen LogP contribution in [0.4, 0.5) is 0 Å². The van der Waals surface area contributed by atoms with Crippen LogP contribution in [0.2, 0.25) is 0 Å². The second-order valence-electron chi connectivity index (χ2n) is 5.19. The van der Waals surface area contributed by atoms with Crippen LogP contribution in [-0.2, 0) is 0 Å². The van der Waals surface area contributed by atoms with Gasteiger partial charge in [-0.25, -0.2) is 0 Å². The van der Waals surface area contributed by atoms with Crippen molar-refractivity contribution in [1.82, 2.24) is 10.3 Å². The first-order valence-electron chi connectivity index (χ1n) is 6.87. The summed E-state index contributed by atoms with van der Waals surface area (Å²) in [6.45, 7) is 2.68. The van der Waals surface area contributed by atoms with Gasteiger partial charge in [0.2, 0.25) is 0 Å². The number of rotatable bonds is 4. The highest BCUT2D eigenvalue weighted by Gasteiger charge is 2.37. The van der Waals surface area contributed by atoms with E-state index < -0.39 is 0 Å². The fraction of sp³-hybridized carbons (Fsp3) is 0.533. The molecule has 0 saturated carbocycles. The molecular formula is C15H20N2O. The molecule has 1 aromatic heterocycles. The third-order valence-electron chi connectivity index (χ3n) is 3.93. The predicted octanol–water partition coefficient (Wildman–Crippen LogP) is 2.63. The number of ether oxygens (including phenoxy) is 1. The molecule has 2 saturated heterocycles. The standard InChI is InChI=1S/C15H20N2O/c1-2-18-14-7-11(9-16-10-14)3-4-12-8-13-5-6-15(12)17-13/h3-4,7,9-10,12-13,15,17H,2,5-6,8H2,1H3/b4-3-. The molecule has 0 aliphatic carbocycles. The van der Waals surface area contributed by atoms with Gasteiger partial charge in [-0.2, -0.15) is 0 Å². The molecule has 0 spiro atoms. The summed E-state index contributed by atoms with van der Waals surface area (Å²) in [5.41, 5.74) is 1.13. The Balaban J connectivity index is 1.66. The summed E-state index contributed by atoms with van der Waals surface area (Å²) in [4.78, 5) is 4.20. The monoisotopic (exact) mass is 244 g/mol. The van der Waals surface area contributed by atoms with Gasteiger partial charge in [-0.15, -0.1) is 0 Å². The van der Waals surface area contributed by atoms with E-state index in [-0.39, 0.29) is 0 Å². The first-order valence-corrected chi connectivity index (χ1v) is 6.87. The van der Waals surface area contributed by atoms with Crippen molar-refractivity contribution in [3.05, 3.63) is 30.1 Å². The number of pyridine rings is 1. The normalized spacial score (nSPS) is 30.2. The molecule has 3 unspecified atom stereocenters. The SMILES string of the molecule is CCOc1cncc(/C=C\C2CC3CCC2N3)c1. The van der Waals surface area contributed by atoms with Gasteiger partial charge in [-0.1, -0.05) is 12.2 Å². The van der Waals surface area contributed by atoms with Crippen molar-refractivity contribution in [2.75, 3.05) is 6.61 Å². The molecular weight excluding hydrogens is 224 g/mol. The lowest BCUT2D eigenvalue weighted by atomic mass is 9.89. The fourth-order valence-electron chi connectivity index (χ4n) is 3.09. The zero-order valence-electron chi connectivity index (χ0n) is 10.8. The number of fused-ring (bicyclic) bond motifs is 2. The van der Waals surface area contributed by atoms with Gasteiger partial charge < -0.3 is 10.1 Å². The number of aromatic nitrogens is 1. The van der Waals surface area contributed by atoms with Crippen molar-refractivity contribution in [3.8, 4) is 5.75 Å². The minimum Gasteiger partial charge on any atom is -0.492 e. The molecule has 3 atom stereocenters. The second-order valence-corrected chi connectivity index (χ2v) is 5.19. The van der Waals surface area contributed by atoms with E-state index in [0.29, 0.717) is 18.6 Å². The Labute approximate surface area is 108 Å². The van der Waals surface area contributed by atoms with E-state index >= 15 is 0 Å². The van der Waals surface area contributed by atoms with Crippen molar-refractivity contribution in [1.29, 1.82) is 0 Å². The van der Waals surface area contributed by atoms with E-state index in [1.165, 1.54) is 19.3 Å². The predicted molar refractivity (Wildman–Crippen MR) is 72.5 cm³/mol. The van der Waals surface area contributed by atoms with Gasteiger partial charge >= 0.3 is 0 Å². The quantitative estimate of drug-likeness (QED) is 0.884. The zero-order valence-corrected chi connectivity index (χ0v) is 10.8. The van der Waals surface area contributed by atoms with Gasteiger partial charge in [0, 0.05) is 18.3 Å². The second kappa shape index (κ2) is 5.11. The molecule has 96 valence electrons. The van der Waals surface area contributed by atoms with Gasteiger partial charge in [0.15, 0.2) is 0 Å². The maximum absolute atomic E-state index is 5.46. The Morgan fingerprint density at radius 3 is 3.11 bits per heavy atom. The van der Waals surface area contributed by atoms with Crippen molar-refractivity contribution < 1.29 is 4.74 Å². The van der Waals surface area contributed by atoms with E-state index in [4.69, 9.17) is 4.74 Å². The van der Waals surface area contributed by atoms with Gasteiger partial charge in [-0.3, -0.25) is 4.98 Å². The Morgan fingerprint density at radius 2 is 2.39 bits per heavy atom. The molecule has 1 N–H and O–H groups in total. The van der Waals surface area contributed by atoms with Gasteiger partial charge in [-0.05, 0) is 43.7 Å². The highest BCUT2D eigenvalue weighted by Crippen LogP contribution is 2.34. The summed E-state index contributed by atoms with van der Waals surface area (Å²) in [6.07, 6.45) is 12.2. The van der Waals surface area contributed by atoms with Crippen molar-refractivity contribution in [2.24, 2.45) is 5.92 Å². The van der Waals surface area contributed by atoms with Crippen LogP contribution in [-0.4, -0.2) is 23.7 Å². The van der Waals surface area contributed by atoms with Crippen LogP contribution in [0.25, 0.3) is 6.08 Å². The maximum atomic E-state index is 5.46. The molecule has 3 heteroatoms. The molecule has 2 aliphatic heterocycles. The molecule has 3 nitrogen and oxygen atoms in total. The summed E-state index contributed by atoms with van der Waals surface area (Å²) in [5, 5.41) is 3.65. The van der Waals surface area contributed by atoms with Crippen LogP contribution < -0.4 is 10.1 Å². The van der Waals surface area contributed by atoms with E-state index in [9.17, 15) is 0 Å². The fourth-order valence-corrected chi connectivity index (χ4v) is 3.09. The third kappa shape index (κ3) is 2.41. The Kier molecular flexibility index (Phi) is 3.33. The van der Waals surface area contributed by atoms with Crippen LogP contribution >= 0.6 is 0 Å². The molecule has 0 radical (unpaired) electrons. The average Bonchev–Trinajstić information content (AvgIpc) is 2.99. The topological polar surface area (TPSA) is 34.1 Å². The van der Waals surface area contributed by atoms with E-state index in [1.807, 2.05) is 19.2 Å². The number of hydrogen-bond donors (Lipinski definition) is 1. The lowest BCUT2D eigenvalue weighted by molar-refractivity contribution is 0.339. The highest BCUT2D eigenvalue weighted by atomic mass is 16.5. The molecule has 2 fully saturated rings. The summed E-state index contributed by atoms with van der Waals surface area (Å²) in [7, 11) is 0. The Bertz CT molecular complexity index is 444. The molecule has 0 aromatic carbocycles. The number of nitrogens with one attached hydrogen (secondary N) is 1. The van der Waals surface area contributed by atoms with Gasteiger partial charge in [0.25, 0.3) is 0 Å². The Hall–Kier alpha value is -1.35. The third-order valence-corrected chi connectivity index (χ3v) is 3.93. The molecule has 2 aliphatic rings. The van der Waals surface area contributed by atoms with E-state index in [0.717, 1.165) is 17.4 Å². The molecule has 0 amide bonds. The number of nitrogens with zero attached hydrogens (tertiary/aromatic N) is 1. The smallest absolute Gasteiger partial charge is 0.138 e. The van der Waals surface area contributed by atoms with Crippen LogP contribution in [0.1, 0.15) is 31.7 Å². The number of hydrogen-bond acceptors (Lipinski definition) is 3. The lowest BCUT2D eigenvalue weighted by Crippen LogP contribution is -2.21. The largest absolute Gasteiger partial charge is 0.492 e. The van der Waals surface area contributed by atoms with Gasteiger partial charge in [0.1, 0.15) is 5.75 Å². The lowest BCUT2D eigenvalue weighted by Gasteiger charge is -2.15. The van der Waals surface area contributed by atoms with E-state index in [1.54, 1.807) is 6.20 Å². The minimum absolute atomic E-state index is 0.686. The molecule has 2 bridgehead atoms. The molecule has 3 heterocycles. The molecule has 3 rings (SSSR count). The molecule has 18 heavy (non-hydrogen) atoms. The van der Waals surface area contributed by atoms with Gasteiger partial charge in [0.05, 0.1) is 12.8 Å². The summed E-state index contributed by atoms with van der Waals surface area (Å²) in [6, 6.07) is 3.51. The van der Waals surface area contributed by atoms with Crippen LogP contribution in [0, 0.1) is 5.92 Å². The average molecular weight is 244 g/mol. The molecule has 1 aromatic rings. The first-order chi connectivity index (χ1) is 8.85. The zero-order chi connectivity index (χ0) is 12.4. The first kappa shape index (κ1) is 11.7. The Morgan fingerprint density at radius 1 is 1.44 bits per heavy atom.